The number of nitrogens with one attached hydrogen (secondary N) is 1. The van der Waals surface area contributed by atoms with Gasteiger partial charge >= 0.3 is 0 Å². The van der Waals surface area contributed by atoms with Gasteiger partial charge in [0, 0.05) is 24.8 Å². The lowest BCUT2D eigenvalue weighted by molar-refractivity contribution is 0.0535. The van der Waals surface area contributed by atoms with Crippen LogP contribution in [0.1, 0.15) is 32.6 Å². The van der Waals surface area contributed by atoms with Gasteiger partial charge in [-0.15, -0.1) is 0 Å². The number of hydrogen-bond acceptors (Lipinski definition) is 3. The summed E-state index contributed by atoms with van der Waals surface area (Å²) >= 11 is 0. The third-order valence-corrected chi connectivity index (χ3v) is 3.45. The normalized spacial score (nSPS) is 38.8. The first-order valence-electron chi connectivity index (χ1n) is 5.78. The third-order valence-electron chi connectivity index (χ3n) is 3.45. The van der Waals surface area contributed by atoms with Crippen molar-refractivity contribution in [1.82, 2.24) is 5.32 Å². The molecule has 0 aromatic rings. The minimum atomic E-state index is 0.241. The highest BCUT2D eigenvalue weighted by Gasteiger charge is 2.35. The number of rotatable bonds is 3. The van der Waals surface area contributed by atoms with Crippen molar-refractivity contribution in [3.05, 3.63) is 0 Å². The fourth-order valence-corrected chi connectivity index (χ4v) is 2.39. The van der Waals surface area contributed by atoms with Gasteiger partial charge in [-0.1, -0.05) is 6.92 Å². The van der Waals surface area contributed by atoms with Crippen LogP contribution in [0.5, 0.6) is 0 Å². The predicted octanol–water partition coefficient (Wildman–Crippen LogP) is 1.32. The van der Waals surface area contributed by atoms with Crippen LogP contribution in [0.3, 0.4) is 0 Å². The molecule has 3 nitrogen and oxygen atoms in total. The first kappa shape index (κ1) is 10.4. The van der Waals surface area contributed by atoms with E-state index in [2.05, 4.69) is 12.2 Å². The molecule has 1 N–H and O–H groups in total. The van der Waals surface area contributed by atoms with E-state index in [-0.39, 0.29) is 5.54 Å². The molecule has 0 saturated carbocycles. The van der Waals surface area contributed by atoms with Crippen LogP contribution in [0.4, 0.5) is 0 Å². The van der Waals surface area contributed by atoms with Crippen molar-refractivity contribution in [3.63, 3.8) is 0 Å². The summed E-state index contributed by atoms with van der Waals surface area (Å²) in [5.74, 6) is 0. The summed E-state index contributed by atoms with van der Waals surface area (Å²) in [7, 11) is 0. The van der Waals surface area contributed by atoms with E-state index in [1.54, 1.807) is 0 Å². The molecule has 2 aliphatic heterocycles. The molecule has 2 atom stereocenters. The van der Waals surface area contributed by atoms with Crippen molar-refractivity contribution in [2.24, 2.45) is 0 Å². The maximum Gasteiger partial charge on any atom is 0.0649 e. The zero-order chi connectivity index (χ0) is 9.86. The molecule has 0 spiro atoms. The molecule has 2 unspecified atom stereocenters. The number of hydrogen-bond donors (Lipinski definition) is 1. The topological polar surface area (TPSA) is 30.5 Å². The van der Waals surface area contributed by atoms with Crippen molar-refractivity contribution in [2.45, 2.75) is 44.2 Å². The van der Waals surface area contributed by atoms with Crippen molar-refractivity contribution in [1.29, 1.82) is 0 Å². The van der Waals surface area contributed by atoms with E-state index in [0.29, 0.717) is 6.04 Å². The maximum atomic E-state index is 5.49. The molecule has 2 heterocycles. The summed E-state index contributed by atoms with van der Waals surface area (Å²) in [4.78, 5) is 0. The van der Waals surface area contributed by atoms with Crippen LogP contribution in [-0.4, -0.2) is 38.0 Å². The molecule has 2 fully saturated rings. The van der Waals surface area contributed by atoms with Gasteiger partial charge in [-0.2, -0.15) is 0 Å². The second-order valence-electron chi connectivity index (χ2n) is 4.49. The van der Waals surface area contributed by atoms with E-state index in [1.165, 1.54) is 12.8 Å². The van der Waals surface area contributed by atoms with Crippen LogP contribution in [0.15, 0.2) is 0 Å². The molecule has 0 bridgehead atoms. The first-order chi connectivity index (χ1) is 6.85. The second-order valence-corrected chi connectivity index (χ2v) is 4.49. The Kier molecular flexibility index (Phi) is 3.42. The zero-order valence-electron chi connectivity index (χ0n) is 9.05. The summed E-state index contributed by atoms with van der Waals surface area (Å²) in [5, 5.41) is 3.73. The van der Waals surface area contributed by atoms with Gasteiger partial charge in [0.2, 0.25) is 0 Å². The Morgan fingerprint density at radius 3 is 2.86 bits per heavy atom. The Balaban J connectivity index is 1.86. The van der Waals surface area contributed by atoms with Gasteiger partial charge in [0.1, 0.15) is 0 Å². The van der Waals surface area contributed by atoms with E-state index >= 15 is 0 Å². The van der Waals surface area contributed by atoms with Crippen molar-refractivity contribution in [2.75, 3.05) is 26.4 Å². The van der Waals surface area contributed by atoms with Gasteiger partial charge in [0.05, 0.1) is 13.2 Å². The molecule has 2 saturated heterocycles. The van der Waals surface area contributed by atoms with Gasteiger partial charge < -0.3 is 14.8 Å². The van der Waals surface area contributed by atoms with E-state index < -0.39 is 0 Å². The predicted molar refractivity (Wildman–Crippen MR) is 55.4 cm³/mol. The molecule has 0 amide bonds. The van der Waals surface area contributed by atoms with Crippen LogP contribution >= 0.6 is 0 Å². The summed E-state index contributed by atoms with van der Waals surface area (Å²) in [5.41, 5.74) is 0.241. The highest BCUT2D eigenvalue weighted by atomic mass is 16.5. The van der Waals surface area contributed by atoms with Gasteiger partial charge in [0.25, 0.3) is 0 Å². The van der Waals surface area contributed by atoms with Gasteiger partial charge in [-0.3, -0.25) is 0 Å². The Morgan fingerprint density at radius 2 is 2.29 bits per heavy atom. The molecule has 2 aliphatic rings. The lowest BCUT2D eigenvalue weighted by Crippen LogP contribution is -2.53. The maximum absolute atomic E-state index is 5.49. The molecule has 82 valence electrons. The van der Waals surface area contributed by atoms with Crippen LogP contribution in [0.2, 0.25) is 0 Å². The second kappa shape index (κ2) is 4.60. The highest BCUT2D eigenvalue weighted by Crippen LogP contribution is 2.24. The van der Waals surface area contributed by atoms with Crippen molar-refractivity contribution in [3.8, 4) is 0 Å². The van der Waals surface area contributed by atoms with E-state index in [9.17, 15) is 0 Å². The quantitative estimate of drug-likeness (QED) is 0.743. The molecule has 0 aromatic heterocycles. The van der Waals surface area contributed by atoms with E-state index in [4.69, 9.17) is 9.47 Å². The van der Waals surface area contributed by atoms with Gasteiger partial charge in [-0.25, -0.2) is 0 Å². The van der Waals surface area contributed by atoms with Crippen LogP contribution in [-0.2, 0) is 9.47 Å². The van der Waals surface area contributed by atoms with Gasteiger partial charge in [-0.05, 0) is 25.7 Å². The Hall–Kier alpha value is -0.120. The Labute approximate surface area is 86.2 Å². The van der Waals surface area contributed by atoms with Crippen molar-refractivity contribution >= 4 is 0 Å². The summed E-state index contributed by atoms with van der Waals surface area (Å²) in [6.45, 7) is 5.84. The average molecular weight is 199 g/mol. The summed E-state index contributed by atoms with van der Waals surface area (Å²) in [6.07, 6.45) is 4.75. The fourth-order valence-electron chi connectivity index (χ4n) is 2.39. The van der Waals surface area contributed by atoms with Crippen LogP contribution in [0, 0.1) is 0 Å². The Morgan fingerprint density at radius 1 is 1.36 bits per heavy atom. The molecule has 2 rings (SSSR count). The lowest BCUT2D eigenvalue weighted by Gasteiger charge is -2.34. The third kappa shape index (κ3) is 2.27. The molecular formula is C11H21NO2. The minimum Gasteiger partial charge on any atom is -0.380 e. The molecule has 0 radical (unpaired) electrons. The minimum absolute atomic E-state index is 0.241. The Bertz CT molecular complexity index is 172. The van der Waals surface area contributed by atoms with Crippen LogP contribution < -0.4 is 5.32 Å². The zero-order valence-corrected chi connectivity index (χ0v) is 9.05. The molecule has 14 heavy (non-hydrogen) atoms. The smallest absolute Gasteiger partial charge is 0.0649 e. The SMILES string of the molecule is CCC1(NC2CCCOC2)CCOC1. The fraction of sp³-hybridized carbons (Fsp3) is 1.00. The number of ether oxygens (including phenoxy) is 2. The molecule has 3 heteroatoms. The highest BCUT2D eigenvalue weighted by molar-refractivity contribution is 4.93. The average Bonchev–Trinajstić information content (AvgIpc) is 2.69. The van der Waals surface area contributed by atoms with E-state index in [1.807, 2.05) is 0 Å². The summed E-state index contributed by atoms with van der Waals surface area (Å²) < 4.78 is 11.0. The largest absolute Gasteiger partial charge is 0.380 e. The molecule has 0 aromatic carbocycles. The standard InChI is InChI=1S/C11H21NO2/c1-2-11(5-7-14-9-11)12-10-4-3-6-13-8-10/h10,12H,2-9H2,1H3. The molecular weight excluding hydrogens is 178 g/mol. The lowest BCUT2D eigenvalue weighted by atomic mass is 9.93. The molecule has 0 aliphatic carbocycles. The van der Waals surface area contributed by atoms with Gasteiger partial charge in [0.15, 0.2) is 0 Å². The first-order valence-corrected chi connectivity index (χ1v) is 5.78. The summed E-state index contributed by atoms with van der Waals surface area (Å²) in [6, 6.07) is 0.547. The van der Waals surface area contributed by atoms with Crippen molar-refractivity contribution < 1.29 is 9.47 Å². The van der Waals surface area contributed by atoms with E-state index in [0.717, 1.165) is 39.3 Å². The van der Waals surface area contributed by atoms with Crippen LogP contribution in [0.25, 0.3) is 0 Å². The monoisotopic (exact) mass is 199 g/mol.